The maximum atomic E-state index is 5.63. The molecule has 0 amide bonds. The molecule has 0 saturated carbocycles. The molecule has 2 rings (SSSR count). The van der Waals surface area contributed by atoms with Crippen LogP contribution in [-0.2, 0) is 7.05 Å². The molecule has 12 heavy (non-hydrogen) atoms. The molecule has 0 unspecified atom stereocenters. The van der Waals surface area contributed by atoms with E-state index in [4.69, 9.17) is 11.6 Å². The van der Waals surface area contributed by atoms with E-state index >= 15 is 0 Å². The first-order valence-electron chi connectivity index (χ1n) is 3.19. The number of aromatic nitrogens is 4. The van der Waals surface area contributed by atoms with Crippen LogP contribution in [0.3, 0.4) is 0 Å². The summed E-state index contributed by atoms with van der Waals surface area (Å²) >= 11 is 7.77. The Morgan fingerprint density at radius 2 is 2.33 bits per heavy atom. The smallest absolute Gasteiger partial charge is 0.224 e. The van der Waals surface area contributed by atoms with Crippen LogP contribution in [0.25, 0.3) is 11.0 Å². The summed E-state index contributed by atoms with van der Waals surface area (Å²) in [6.45, 7) is 0. The fourth-order valence-corrected chi connectivity index (χ4v) is 1.81. The van der Waals surface area contributed by atoms with Gasteiger partial charge in [-0.15, -0.1) is 0 Å². The summed E-state index contributed by atoms with van der Waals surface area (Å²) in [6, 6.07) is 0. The number of fused-ring (bicyclic) bond motifs is 1. The molecule has 6 heteroatoms. The van der Waals surface area contributed by atoms with Crippen LogP contribution in [0.2, 0.25) is 5.28 Å². The first kappa shape index (κ1) is 8.18. The highest BCUT2D eigenvalue weighted by Crippen LogP contribution is 2.17. The van der Waals surface area contributed by atoms with Crippen molar-refractivity contribution in [3.8, 4) is 0 Å². The maximum absolute atomic E-state index is 5.63. The van der Waals surface area contributed by atoms with Crippen molar-refractivity contribution in [2.24, 2.45) is 7.05 Å². The van der Waals surface area contributed by atoms with E-state index in [1.54, 1.807) is 10.9 Å². The third-order valence-electron chi connectivity index (χ3n) is 1.51. The molecule has 4 nitrogen and oxygen atoms in total. The van der Waals surface area contributed by atoms with E-state index in [0.717, 1.165) is 14.7 Å². The van der Waals surface area contributed by atoms with Gasteiger partial charge in [-0.3, -0.25) is 0 Å². The largest absolute Gasteiger partial charge is 0.249 e. The van der Waals surface area contributed by atoms with Crippen LogP contribution in [0.5, 0.6) is 0 Å². The fraction of sp³-hybridized carbons (Fsp3) is 0.167. The minimum absolute atomic E-state index is 0.252. The Morgan fingerprint density at radius 3 is 3.08 bits per heavy atom. The van der Waals surface area contributed by atoms with Crippen LogP contribution in [0.4, 0.5) is 0 Å². The monoisotopic (exact) mass is 294 g/mol. The zero-order valence-electron chi connectivity index (χ0n) is 6.12. The quantitative estimate of drug-likeness (QED) is 0.548. The SMILES string of the molecule is Cn1nc(I)c2cnc(Cl)nc21. The number of nitrogens with zero attached hydrogens (tertiary/aromatic N) is 4. The Morgan fingerprint density at radius 1 is 1.58 bits per heavy atom. The van der Waals surface area contributed by atoms with Crippen molar-refractivity contribution in [3.05, 3.63) is 15.2 Å². The normalized spacial score (nSPS) is 10.9. The van der Waals surface area contributed by atoms with Gasteiger partial charge in [0.1, 0.15) is 3.70 Å². The predicted octanol–water partition coefficient (Wildman–Crippen LogP) is 1.62. The summed E-state index contributed by atoms with van der Waals surface area (Å²) in [5, 5.41) is 5.36. The van der Waals surface area contributed by atoms with Gasteiger partial charge in [0, 0.05) is 13.2 Å². The van der Waals surface area contributed by atoms with E-state index in [0.29, 0.717) is 0 Å². The van der Waals surface area contributed by atoms with E-state index in [9.17, 15) is 0 Å². The van der Waals surface area contributed by atoms with E-state index in [1.807, 2.05) is 7.05 Å². The van der Waals surface area contributed by atoms with Crippen molar-refractivity contribution in [2.45, 2.75) is 0 Å². The van der Waals surface area contributed by atoms with E-state index in [2.05, 4.69) is 37.7 Å². The van der Waals surface area contributed by atoms with E-state index in [-0.39, 0.29) is 5.28 Å². The molecule has 0 N–H and O–H groups in total. The molecule has 62 valence electrons. The summed E-state index contributed by atoms with van der Waals surface area (Å²) in [7, 11) is 1.83. The number of hydrogen-bond donors (Lipinski definition) is 0. The maximum Gasteiger partial charge on any atom is 0.224 e. The molecule has 0 fully saturated rings. The topological polar surface area (TPSA) is 43.6 Å². The zero-order valence-corrected chi connectivity index (χ0v) is 9.04. The van der Waals surface area contributed by atoms with Gasteiger partial charge in [-0.1, -0.05) is 0 Å². The number of aryl methyl sites for hydroxylation is 1. The average molecular weight is 294 g/mol. The summed E-state index contributed by atoms with van der Waals surface area (Å²) in [6.07, 6.45) is 1.68. The molecule has 0 aliphatic carbocycles. The van der Waals surface area contributed by atoms with Crippen molar-refractivity contribution in [2.75, 3.05) is 0 Å². The Labute approximate surface area is 87.1 Å². The summed E-state index contributed by atoms with van der Waals surface area (Å²) in [5.41, 5.74) is 0.763. The Bertz CT molecular complexity index is 438. The van der Waals surface area contributed by atoms with Crippen LogP contribution < -0.4 is 0 Å². The molecule has 2 aromatic heterocycles. The van der Waals surface area contributed by atoms with Gasteiger partial charge in [0.05, 0.1) is 5.39 Å². The lowest BCUT2D eigenvalue weighted by molar-refractivity contribution is 0.777. The fourth-order valence-electron chi connectivity index (χ4n) is 0.977. The summed E-state index contributed by atoms with van der Waals surface area (Å²) in [5.74, 6) is 0. The molecule has 0 atom stereocenters. The van der Waals surface area contributed by atoms with Crippen molar-refractivity contribution in [1.29, 1.82) is 0 Å². The van der Waals surface area contributed by atoms with E-state index < -0.39 is 0 Å². The van der Waals surface area contributed by atoms with Gasteiger partial charge < -0.3 is 0 Å². The highest BCUT2D eigenvalue weighted by atomic mass is 127. The third kappa shape index (κ3) is 1.16. The van der Waals surface area contributed by atoms with Gasteiger partial charge in [-0.05, 0) is 34.2 Å². The molecule has 0 saturated heterocycles. The molecule has 0 bridgehead atoms. The van der Waals surface area contributed by atoms with Crippen LogP contribution in [0, 0.1) is 3.70 Å². The van der Waals surface area contributed by atoms with Crippen LogP contribution in [0.15, 0.2) is 6.20 Å². The lowest BCUT2D eigenvalue weighted by Crippen LogP contribution is -1.92. The van der Waals surface area contributed by atoms with Crippen molar-refractivity contribution < 1.29 is 0 Å². The van der Waals surface area contributed by atoms with Gasteiger partial charge in [-0.25, -0.2) is 9.67 Å². The second-order valence-electron chi connectivity index (χ2n) is 2.29. The Balaban J connectivity index is 2.90. The van der Waals surface area contributed by atoms with Gasteiger partial charge in [0.15, 0.2) is 5.65 Å². The van der Waals surface area contributed by atoms with Crippen LogP contribution in [-0.4, -0.2) is 19.7 Å². The standard InChI is InChI=1S/C6H4ClIN4/c1-12-5-3(4(8)11-12)2-9-6(7)10-5/h2H,1H3. The molecule has 0 radical (unpaired) electrons. The molecule has 0 spiro atoms. The molecule has 2 heterocycles. The Kier molecular flexibility index (Phi) is 1.91. The third-order valence-corrected chi connectivity index (χ3v) is 2.48. The molecule has 2 aromatic rings. The molecule has 0 aromatic carbocycles. The average Bonchev–Trinajstić information content (AvgIpc) is 2.28. The first-order chi connectivity index (χ1) is 5.68. The van der Waals surface area contributed by atoms with Crippen molar-refractivity contribution in [3.63, 3.8) is 0 Å². The minimum Gasteiger partial charge on any atom is -0.249 e. The van der Waals surface area contributed by atoms with Crippen molar-refractivity contribution in [1.82, 2.24) is 19.7 Å². The number of hydrogen-bond acceptors (Lipinski definition) is 3. The number of rotatable bonds is 0. The Hall–Kier alpha value is -0.430. The van der Waals surface area contributed by atoms with Gasteiger partial charge in [-0.2, -0.15) is 10.1 Å². The molecule has 0 aliphatic heterocycles. The number of halogens is 2. The lowest BCUT2D eigenvalue weighted by Gasteiger charge is -1.91. The summed E-state index contributed by atoms with van der Waals surface area (Å²) < 4.78 is 2.58. The second kappa shape index (κ2) is 2.81. The van der Waals surface area contributed by atoms with Gasteiger partial charge >= 0.3 is 0 Å². The minimum atomic E-state index is 0.252. The zero-order chi connectivity index (χ0) is 8.72. The van der Waals surface area contributed by atoms with Crippen molar-refractivity contribution >= 4 is 45.2 Å². The second-order valence-corrected chi connectivity index (χ2v) is 3.65. The molecule has 0 aliphatic rings. The lowest BCUT2D eigenvalue weighted by atomic mass is 10.4. The predicted molar refractivity (Wildman–Crippen MR) is 54.0 cm³/mol. The summed E-state index contributed by atoms with van der Waals surface area (Å²) in [4.78, 5) is 7.92. The molecular weight excluding hydrogens is 290 g/mol. The van der Waals surface area contributed by atoms with Crippen LogP contribution >= 0.6 is 34.2 Å². The highest BCUT2D eigenvalue weighted by molar-refractivity contribution is 14.1. The van der Waals surface area contributed by atoms with E-state index in [1.165, 1.54) is 0 Å². The highest BCUT2D eigenvalue weighted by Gasteiger charge is 2.07. The molecular formula is C6H4ClIN4. The van der Waals surface area contributed by atoms with Gasteiger partial charge in [0.2, 0.25) is 5.28 Å². The first-order valence-corrected chi connectivity index (χ1v) is 4.65. The van der Waals surface area contributed by atoms with Crippen LogP contribution in [0.1, 0.15) is 0 Å². The van der Waals surface area contributed by atoms with Gasteiger partial charge in [0.25, 0.3) is 0 Å².